The molecule has 2 unspecified atom stereocenters. The van der Waals surface area contributed by atoms with E-state index in [0.29, 0.717) is 12.0 Å². The summed E-state index contributed by atoms with van der Waals surface area (Å²) in [5.41, 5.74) is -0.411. The van der Waals surface area contributed by atoms with E-state index >= 15 is 0 Å². The van der Waals surface area contributed by atoms with Gasteiger partial charge in [-0.05, 0) is 55.2 Å². The van der Waals surface area contributed by atoms with Crippen molar-refractivity contribution in [2.75, 3.05) is 12.9 Å². The largest absolute Gasteiger partial charge is 0.468 e. The van der Waals surface area contributed by atoms with Crippen LogP contribution in [-0.2, 0) is 9.53 Å². The van der Waals surface area contributed by atoms with Crippen molar-refractivity contribution in [3.63, 3.8) is 0 Å². The molecule has 0 radical (unpaired) electrons. The van der Waals surface area contributed by atoms with E-state index in [1.165, 1.54) is 24.2 Å². The summed E-state index contributed by atoms with van der Waals surface area (Å²) in [4.78, 5) is 12.4. The first-order valence-electron chi connectivity index (χ1n) is 7.77. The molecular weight excluding hydrogens is 302 g/mol. The number of methoxy groups -OCH3 is 1. The number of hydrogen-bond acceptors (Lipinski definition) is 5. The van der Waals surface area contributed by atoms with Crippen LogP contribution in [0.5, 0.6) is 0 Å². The average Bonchev–Trinajstić information content (AvgIpc) is 2.99. The summed E-state index contributed by atoms with van der Waals surface area (Å²) in [7, 11) is 1.52. The van der Waals surface area contributed by atoms with Gasteiger partial charge in [-0.25, -0.2) is 0 Å². The van der Waals surface area contributed by atoms with Crippen molar-refractivity contribution >= 4 is 29.1 Å². The van der Waals surface area contributed by atoms with E-state index in [4.69, 9.17) is 4.74 Å². The number of ether oxygens (including phenoxy) is 1. The van der Waals surface area contributed by atoms with Gasteiger partial charge in [0.15, 0.2) is 0 Å². The van der Waals surface area contributed by atoms with Crippen molar-refractivity contribution < 1.29 is 9.53 Å². The summed E-state index contributed by atoms with van der Waals surface area (Å²) >= 11 is 3.70. The van der Waals surface area contributed by atoms with E-state index in [0.717, 1.165) is 31.4 Å². The zero-order chi connectivity index (χ0) is 14.7. The number of thiophene rings is 1. The molecule has 21 heavy (non-hydrogen) atoms. The molecule has 2 aliphatic carbocycles. The summed E-state index contributed by atoms with van der Waals surface area (Å²) < 4.78 is 6.51. The van der Waals surface area contributed by atoms with Crippen LogP contribution >= 0.6 is 23.1 Å². The van der Waals surface area contributed by atoms with Crippen molar-refractivity contribution in [3.05, 3.63) is 17.5 Å². The van der Waals surface area contributed by atoms with Gasteiger partial charge in [0.2, 0.25) is 0 Å². The van der Waals surface area contributed by atoms with Gasteiger partial charge in [-0.1, -0.05) is 12.5 Å². The maximum Gasteiger partial charge on any atom is 0.326 e. The summed E-state index contributed by atoms with van der Waals surface area (Å²) in [6.45, 7) is 0. The molecule has 2 saturated carbocycles. The van der Waals surface area contributed by atoms with Crippen LogP contribution in [0, 0.1) is 5.92 Å². The topological polar surface area (TPSA) is 38.3 Å². The van der Waals surface area contributed by atoms with Crippen molar-refractivity contribution in [3.8, 4) is 0 Å². The van der Waals surface area contributed by atoms with E-state index in [1.807, 2.05) is 11.8 Å². The second-order valence-corrected chi connectivity index (χ2v) is 8.38. The smallest absolute Gasteiger partial charge is 0.326 e. The molecule has 3 nitrogen and oxygen atoms in total. The van der Waals surface area contributed by atoms with Crippen LogP contribution < -0.4 is 5.32 Å². The molecule has 5 heteroatoms. The lowest BCUT2D eigenvalue weighted by Gasteiger charge is -2.34. The highest BCUT2D eigenvalue weighted by Crippen LogP contribution is 2.42. The number of nitrogens with one attached hydrogen (secondary N) is 1. The highest BCUT2D eigenvalue weighted by Gasteiger charge is 2.51. The molecule has 0 bridgehead atoms. The number of rotatable bonds is 7. The van der Waals surface area contributed by atoms with E-state index < -0.39 is 5.54 Å². The van der Waals surface area contributed by atoms with Crippen LogP contribution in [0.4, 0.5) is 0 Å². The van der Waals surface area contributed by atoms with Gasteiger partial charge in [-0.15, -0.1) is 23.1 Å². The van der Waals surface area contributed by atoms with Gasteiger partial charge in [-0.2, -0.15) is 0 Å². The Kier molecular flexibility index (Phi) is 4.92. The number of hydrogen-bond donors (Lipinski definition) is 1. The molecule has 1 aromatic heterocycles. The van der Waals surface area contributed by atoms with Gasteiger partial charge >= 0.3 is 5.97 Å². The fourth-order valence-corrected chi connectivity index (χ4v) is 5.32. The molecule has 1 N–H and O–H groups in total. The minimum atomic E-state index is -0.411. The average molecular weight is 325 g/mol. The lowest BCUT2D eigenvalue weighted by Crippen LogP contribution is -2.56. The quantitative estimate of drug-likeness (QED) is 0.613. The van der Waals surface area contributed by atoms with Crippen LogP contribution in [0.25, 0.3) is 0 Å². The monoisotopic (exact) mass is 325 g/mol. The van der Waals surface area contributed by atoms with Crippen molar-refractivity contribution in [1.82, 2.24) is 5.32 Å². The third kappa shape index (κ3) is 3.46. The predicted molar refractivity (Wildman–Crippen MR) is 87.9 cm³/mol. The normalized spacial score (nSPS) is 28.7. The Labute approximate surface area is 134 Å². The zero-order valence-electron chi connectivity index (χ0n) is 12.5. The lowest BCUT2D eigenvalue weighted by atomic mass is 9.84. The second-order valence-electron chi connectivity index (χ2n) is 6.04. The van der Waals surface area contributed by atoms with Crippen LogP contribution in [0.3, 0.4) is 0 Å². The molecule has 0 aromatic carbocycles. The van der Waals surface area contributed by atoms with E-state index in [-0.39, 0.29) is 5.97 Å². The summed E-state index contributed by atoms with van der Waals surface area (Å²) in [5.74, 6) is 1.45. The van der Waals surface area contributed by atoms with Gasteiger partial charge in [0.25, 0.3) is 0 Å². The van der Waals surface area contributed by atoms with Gasteiger partial charge < -0.3 is 4.74 Å². The van der Waals surface area contributed by atoms with Crippen molar-refractivity contribution in [1.29, 1.82) is 0 Å². The van der Waals surface area contributed by atoms with Gasteiger partial charge in [0.05, 0.1) is 11.3 Å². The fraction of sp³-hybridized carbons (Fsp3) is 0.688. The summed E-state index contributed by atoms with van der Waals surface area (Å²) in [5, 5.41) is 5.75. The minimum Gasteiger partial charge on any atom is -0.468 e. The Bertz CT molecular complexity index is 473. The van der Waals surface area contributed by atoms with Gasteiger partial charge in [0, 0.05) is 6.04 Å². The van der Waals surface area contributed by atoms with Gasteiger partial charge in [-0.3, -0.25) is 10.1 Å². The SMILES string of the molecule is COC(=O)C1(NC2CC2)CCCC1CCSc1cccs1. The van der Waals surface area contributed by atoms with Crippen molar-refractivity contribution in [2.24, 2.45) is 5.92 Å². The van der Waals surface area contributed by atoms with E-state index in [9.17, 15) is 4.79 Å². The standard InChI is InChI=1S/C16H23NO2S2/c1-19-15(18)16(17-13-6-7-13)9-2-4-12(16)8-11-21-14-5-3-10-20-14/h3,5,10,12-13,17H,2,4,6-9,11H2,1H3. The number of carbonyl (C=O) groups is 1. The van der Waals surface area contributed by atoms with Crippen molar-refractivity contribution in [2.45, 2.75) is 54.3 Å². The molecule has 0 saturated heterocycles. The molecule has 0 amide bonds. The van der Waals surface area contributed by atoms with E-state index in [1.54, 1.807) is 11.3 Å². The third-order valence-electron chi connectivity index (χ3n) is 4.62. The number of esters is 1. The first kappa shape index (κ1) is 15.4. The minimum absolute atomic E-state index is 0.0435. The zero-order valence-corrected chi connectivity index (χ0v) is 14.1. The van der Waals surface area contributed by atoms with E-state index in [2.05, 4.69) is 22.8 Å². The second kappa shape index (κ2) is 6.71. The highest BCUT2D eigenvalue weighted by molar-refractivity contribution is 8.01. The third-order valence-corrected chi connectivity index (χ3v) is 6.78. The summed E-state index contributed by atoms with van der Waals surface area (Å²) in [6.07, 6.45) is 6.69. The molecule has 3 rings (SSSR count). The maximum absolute atomic E-state index is 12.4. The maximum atomic E-state index is 12.4. The predicted octanol–water partition coefficient (Wildman–Crippen LogP) is 3.69. The molecule has 2 aliphatic rings. The Morgan fingerprint density at radius 1 is 1.52 bits per heavy atom. The molecular formula is C16H23NO2S2. The van der Waals surface area contributed by atoms with Crippen LogP contribution in [-0.4, -0.2) is 30.4 Å². The highest BCUT2D eigenvalue weighted by atomic mass is 32.2. The molecule has 116 valence electrons. The Morgan fingerprint density at radius 3 is 3.05 bits per heavy atom. The van der Waals surface area contributed by atoms with Crippen LogP contribution in [0.1, 0.15) is 38.5 Å². The molecule has 2 atom stereocenters. The Balaban J connectivity index is 1.62. The van der Waals surface area contributed by atoms with Gasteiger partial charge in [0.1, 0.15) is 5.54 Å². The summed E-state index contributed by atoms with van der Waals surface area (Å²) in [6, 6.07) is 4.80. The first-order valence-corrected chi connectivity index (χ1v) is 9.63. The number of thioether (sulfide) groups is 1. The first-order chi connectivity index (χ1) is 10.2. The molecule has 2 fully saturated rings. The van der Waals surface area contributed by atoms with Crippen LogP contribution in [0.2, 0.25) is 0 Å². The number of carbonyl (C=O) groups excluding carboxylic acids is 1. The fourth-order valence-electron chi connectivity index (χ4n) is 3.41. The molecule has 1 heterocycles. The molecule has 0 spiro atoms. The molecule has 0 aliphatic heterocycles. The Hall–Kier alpha value is -0.520. The lowest BCUT2D eigenvalue weighted by molar-refractivity contribution is -0.150. The molecule has 1 aromatic rings. The van der Waals surface area contributed by atoms with Crippen LogP contribution in [0.15, 0.2) is 21.7 Å². The Morgan fingerprint density at radius 2 is 2.38 bits per heavy atom.